The van der Waals surface area contributed by atoms with Gasteiger partial charge in [-0.15, -0.1) is 0 Å². The van der Waals surface area contributed by atoms with Crippen molar-refractivity contribution in [2.24, 2.45) is 5.41 Å². The van der Waals surface area contributed by atoms with Crippen molar-refractivity contribution < 1.29 is 9.53 Å². The van der Waals surface area contributed by atoms with Gasteiger partial charge in [-0.3, -0.25) is 4.79 Å². The summed E-state index contributed by atoms with van der Waals surface area (Å²) in [7, 11) is 1.81. The lowest BCUT2D eigenvalue weighted by Gasteiger charge is -2.43. The first-order chi connectivity index (χ1) is 13.1. The van der Waals surface area contributed by atoms with Crippen LogP contribution in [-0.2, 0) is 4.74 Å². The van der Waals surface area contributed by atoms with Crippen LogP contribution in [0.4, 0.5) is 0 Å². The predicted molar refractivity (Wildman–Crippen MR) is 104 cm³/mol. The molecule has 1 amide bonds. The van der Waals surface area contributed by atoms with E-state index in [4.69, 9.17) is 4.74 Å². The largest absolute Gasteiger partial charge is 0.381 e. The number of amides is 1. The summed E-state index contributed by atoms with van der Waals surface area (Å²) in [5, 5.41) is 0. The highest BCUT2D eigenvalue weighted by atomic mass is 16.5. The summed E-state index contributed by atoms with van der Waals surface area (Å²) in [6.45, 7) is 3.42. The average Bonchev–Trinajstić information content (AvgIpc) is 3.09. The number of methoxy groups -OCH3 is 1. The number of aromatic nitrogens is 2. The molecule has 1 aromatic carbocycles. The summed E-state index contributed by atoms with van der Waals surface area (Å²) < 4.78 is 5.78. The van der Waals surface area contributed by atoms with Gasteiger partial charge in [0, 0.05) is 37.4 Å². The minimum Gasteiger partial charge on any atom is -0.381 e. The number of carbonyl (C=O) groups excluding carboxylic acids is 1. The average molecular weight is 365 g/mol. The SMILES string of the molecule is CO[C@@H]1CCC[C@@]12CCCN(C(=O)c1cnc(C)nc1-c1ccccc1)C2. The molecule has 1 saturated carbocycles. The topological polar surface area (TPSA) is 55.3 Å². The smallest absolute Gasteiger partial charge is 0.257 e. The molecule has 0 unspecified atom stereocenters. The Hall–Kier alpha value is -2.27. The number of nitrogens with zero attached hydrogens (tertiary/aromatic N) is 3. The molecule has 2 heterocycles. The Bertz CT molecular complexity index is 824. The van der Waals surface area contributed by atoms with Crippen LogP contribution in [0.1, 0.15) is 48.3 Å². The van der Waals surface area contributed by atoms with Crippen molar-refractivity contribution in [3.63, 3.8) is 0 Å². The van der Waals surface area contributed by atoms with Crippen LogP contribution in [-0.4, -0.2) is 47.1 Å². The normalized spacial score (nSPS) is 25.1. The van der Waals surface area contributed by atoms with E-state index in [1.807, 2.05) is 42.2 Å². The van der Waals surface area contributed by atoms with Gasteiger partial charge in [-0.25, -0.2) is 9.97 Å². The van der Waals surface area contributed by atoms with Gasteiger partial charge in [0.2, 0.25) is 0 Å². The third kappa shape index (κ3) is 3.36. The van der Waals surface area contributed by atoms with Crippen LogP contribution in [0.3, 0.4) is 0 Å². The molecule has 27 heavy (non-hydrogen) atoms. The van der Waals surface area contributed by atoms with Crippen molar-refractivity contribution >= 4 is 5.91 Å². The molecule has 1 spiro atoms. The van der Waals surface area contributed by atoms with Gasteiger partial charge in [0.1, 0.15) is 5.82 Å². The summed E-state index contributed by atoms with van der Waals surface area (Å²) in [4.78, 5) is 24.4. The highest BCUT2D eigenvalue weighted by Crippen LogP contribution is 2.46. The molecule has 4 rings (SSSR count). The molecule has 2 aromatic rings. The Morgan fingerprint density at radius 3 is 2.78 bits per heavy atom. The van der Waals surface area contributed by atoms with Crippen LogP contribution in [0, 0.1) is 12.3 Å². The van der Waals surface area contributed by atoms with E-state index < -0.39 is 0 Å². The monoisotopic (exact) mass is 365 g/mol. The first-order valence-electron chi connectivity index (χ1n) is 9.84. The number of rotatable bonds is 3. The van der Waals surface area contributed by atoms with Gasteiger partial charge in [0.15, 0.2) is 0 Å². The van der Waals surface area contributed by atoms with E-state index in [0.717, 1.165) is 50.0 Å². The van der Waals surface area contributed by atoms with Gasteiger partial charge in [-0.2, -0.15) is 0 Å². The van der Waals surface area contributed by atoms with Gasteiger partial charge in [-0.1, -0.05) is 36.8 Å². The Morgan fingerprint density at radius 2 is 2.00 bits per heavy atom. The maximum Gasteiger partial charge on any atom is 0.257 e. The summed E-state index contributed by atoms with van der Waals surface area (Å²) in [6.07, 6.45) is 7.55. The summed E-state index contributed by atoms with van der Waals surface area (Å²) in [5.41, 5.74) is 2.38. The highest BCUT2D eigenvalue weighted by Gasteiger charge is 2.46. The second-order valence-electron chi connectivity index (χ2n) is 7.85. The van der Waals surface area contributed by atoms with Crippen LogP contribution in [0.2, 0.25) is 0 Å². The zero-order valence-electron chi connectivity index (χ0n) is 16.1. The number of ether oxygens (including phenoxy) is 1. The van der Waals surface area contributed by atoms with Gasteiger partial charge >= 0.3 is 0 Å². The van der Waals surface area contributed by atoms with Crippen LogP contribution >= 0.6 is 0 Å². The quantitative estimate of drug-likeness (QED) is 0.828. The summed E-state index contributed by atoms with van der Waals surface area (Å²) >= 11 is 0. The maximum atomic E-state index is 13.4. The highest BCUT2D eigenvalue weighted by molar-refractivity contribution is 5.99. The minimum atomic E-state index is 0.0367. The molecule has 1 aromatic heterocycles. The van der Waals surface area contributed by atoms with E-state index in [-0.39, 0.29) is 17.4 Å². The molecule has 0 bridgehead atoms. The first kappa shape index (κ1) is 18.1. The first-order valence-corrected chi connectivity index (χ1v) is 9.84. The Labute approximate surface area is 160 Å². The zero-order chi connectivity index (χ0) is 18.9. The molecular weight excluding hydrogens is 338 g/mol. The fourth-order valence-electron chi connectivity index (χ4n) is 4.89. The van der Waals surface area contributed by atoms with E-state index >= 15 is 0 Å². The van der Waals surface area contributed by atoms with E-state index in [1.54, 1.807) is 13.3 Å². The third-order valence-corrected chi connectivity index (χ3v) is 6.19. The number of hydrogen-bond acceptors (Lipinski definition) is 4. The maximum absolute atomic E-state index is 13.4. The van der Waals surface area contributed by atoms with Crippen molar-refractivity contribution in [2.45, 2.75) is 45.1 Å². The summed E-state index contributed by atoms with van der Waals surface area (Å²) in [6, 6.07) is 9.90. The van der Waals surface area contributed by atoms with Crippen LogP contribution in [0.5, 0.6) is 0 Å². The van der Waals surface area contributed by atoms with E-state index in [9.17, 15) is 4.79 Å². The van der Waals surface area contributed by atoms with E-state index in [1.165, 1.54) is 6.42 Å². The van der Waals surface area contributed by atoms with Gasteiger partial charge in [0.05, 0.1) is 17.4 Å². The number of piperidine rings is 1. The predicted octanol–water partition coefficient (Wildman–Crippen LogP) is 3.87. The number of aryl methyl sites for hydroxylation is 1. The molecule has 0 N–H and O–H groups in total. The van der Waals surface area contributed by atoms with Gasteiger partial charge < -0.3 is 9.64 Å². The Morgan fingerprint density at radius 1 is 1.22 bits per heavy atom. The molecule has 2 atom stereocenters. The van der Waals surface area contributed by atoms with Crippen LogP contribution in [0.25, 0.3) is 11.3 Å². The van der Waals surface area contributed by atoms with E-state index in [0.29, 0.717) is 11.4 Å². The van der Waals surface area contributed by atoms with Crippen molar-refractivity contribution in [3.05, 3.63) is 47.9 Å². The molecule has 2 fully saturated rings. The second-order valence-corrected chi connectivity index (χ2v) is 7.85. The minimum absolute atomic E-state index is 0.0367. The lowest BCUT2D eigenvalue weighted by molar-refractivity contribution is -0.0295. The molecule has 1 saturated heterocycles. The lowest BCUT2D eigenvalue weighted by atomic mass is 9.76. The standard InChI is InChI=1S/C22H27N3O2/c1-16-23-14-18(20(24-16)17-8-4-3-5-9-17)21(26)25-13-7-12-22(15-25)11-6-10-19(22)27-2/h3-5,8-9,14,19H,6-7,10-13,15H2,1-2H3/t19-,22+/m1/s1. The van der Waals surface area contributed by atoms with Crippen molar-refractivity contribution in [3.8, 4) is 11.3 Å². The molecule has 1 aliphatic carbocycles. The zero-order valence-corrected chi connectivity index (χ0v) is 16.1. The number of benzene rings is 1. The molecule has 0 radical (unpaired) electrons. The van der Waals surface area contributed by atoms with Gasteiger partial charge in [-0.05, 0) is 32.6 Å². The molecule has 2 aliphatic rings. The summed E-state index contributed by atoms with van der Waals surface area (Å²) in [5.74, 6) is 0.713. The number of hydrogen-bond donors (Lipinski definition) is 0. The third-order valence-electron chi connectivity index (χ3n) is 6.19. The van der Waals surface area contributed by atoms with Crippen molar-refractivity contribution in [2.75, 3.05) is 20.2 Å². The van der Waals surface area contributed by atoms with Crippen molar-refractivity contribution in [1.82, 2.24) is 14.9 Å². The van der Waals surface area contributed by atoms with Gasteiger partial charge in [0.25, 0.3) is 5.91 Å². The molecule has 142 valence electrons. The lowest BCUT2D eigenvalue weighted by Crippen LogP contribution is -2.50. The van der Waals surface area contributed by atoms with Crippen molar-refractivity contribution in [1.29, 1.82) is 0 Å². The molecule has 5 nitrogen and oxygen atoms in total. The molecule has 1 aliphatic heterocycles. The molecule has 5 heteroatoms. The second kappa shape index (κ2) is 7.39. The Kier molecular flexibility index (Phi) is 4.96. The number of carbonyl (C=O) groups is 1. The van der Waals surface area contributed by atoms with Crippen LogP contribution < -0.4 is 0 Å². The Balaban J connectivity index is 1.65. The molecular formula is C22H27N3O2. The number of likely N-dealkylation sites (tertiary alicyclic amines) is 1. The van der Waals surface area contributed by atoms with E-state index in [2.05, 4.69) is 9.97 Å². The fraction of sp³-hybridized carbons (Fsp3) is 0.500. The van der Waals surface area contributed by atoms with Crippen LogP contribution in [0.15, 0.2) is 36.5 Å². The fourth-order valence-corrected chi connectivity index (χ4v) is 4.89.